The first kappa shape index (κ1) is 20.6. The molecule has 2 aromatic rings. The number of ether oxygens (including phenoxy) is 1. The molecule has 1 heterocycles. The third-order valence-corrected chi connectivity index (χ3v) is 4.61. The van der Waals surface area contributed by atoms with Crippen LogP contribution in [0.2, 0.25) is 0 Å². The number of nitrogens with zero attached hydrogens (tertiary/aromatic N) is 1. The van der Waals surface area contributed by atoms with Crippen LogP contribution in [0.3, 0.4) is 0 Å². The molecule has 0 saturated heterocycles. The van der Waals surface area contributed by atoms with Gasteiger partial charge in [0.15, 0.2) is 0 Å². The van der Waals surface area contributed by atoms with Gasteiger partial charge in [-0.25, -0.2) is 4.79 Å². The molecular weight excluding hydrogens is 368 g/mol. The first-order chi connectivity index (χ1) is 13.7. The number of benzene rings is 2. The molecule has 1 aliphatic rings. The van der Waals surface area contributed by atoms with E-state index in [0.29, 0.717) is 37.1 Å². The molecular formula is C23H26N2O4. The van der Waals surface area contributed by atoms with Crippen LogP contribution in [0.4, 0.5) is 4.79 Å². The zero-order valence-corrected chi connectivity index (χ0v) is 17.0. The van der Waals surface area contributed by atoms with E-state index < -0.39 is 11.7 Å². The number of rotatable bonds is 6. The van der Waals surface area contributed by atoms with E-state index in [-0.39, 0.29) is 11.8 Å². The molecule has 29 heavy (non-hydrogen) atoms. The minimum atomic E-state index is -0.509. The maximum atomic E-state index is 12.4. The molecule has 6 nitrogen and oxygen atoms in total. The molecule has 1 aliphatic heterocycles. The fraction of sp³-hybridized carbons (Fsp3) is 0.348. The molecule has 3 rings (SSSR count). The summed E-state index contributed by atoms with van der Waals surface area (Å²) in [7, 11) is 0. The Balaban J connectivity index is 1.47. The van der Waals surface area contributed by atoms with E-state index >= 15 is 0 Å². The van der Waals surface area contributed by atoms with Gasteiger partial charge in [-0.05, 0) is 56.9 Å². The molecule has 0 spiro atoms. The lowest BCUT2D eigenvalue weighted by Crippen LogP contribution is -2.33. The van der Waals surface area contributed by atoms with Crippen molar-refractivity contribution in [3.8, 4) is 0 Å². The maximum absolute atomic E-state index is 12.4. The maximum Gasteiger partial charge on any atom is 0.407 e. The van der Waals surface area contributed by atoms with Crippen LogP contribution in [0.1, 0.15) is 52.6 Å². The van der Waals surface area contributed by atoms with E-state index in [2.05, 4.69) is 5.32 Å². The van der Waals surface area contributed by atoms with Gasteiger partial charge in [0, 0.05) is 13.1 Å². The van der Waals surface area contributed by atoms with E-state index in [1.165, 1.54) is 4.90 Å². The lowest BCUT2D eigenvalue weighted by atomic mass is 10.1. The van der Waals surface area contributed by atoms with E-state index in [0.717, 1.165) is 11.1 Å². The van der Waals surface area contributed by atoms with Gasteiger partial charge in [0.25, 0.3) is 11.8 Å². The van der Waals surface area contributed by atoms with Crippen LogP contribution in [0.15, 0.2) is 48.5 Å². The number of carbonyl (C=O) groups is 3. The van der Waals surface area contributed by atoms with E-state index in [1.54, 1.807) is 24.3 Å². The number of hydrogen-bond acceptors (Lipinski definition) is 4. The average Bonchev–Trinajstić information content (AvgIpc) is 2.91. The van der Waals surface area contributed by atoms with Gasteiger partial charge in [-0.2, -0.15) is 0 Å². The normalized spacial score (nSPS) is 13.4. The highest BCUT2D eigenvalue weighted by molar-refractivity contribution is 6.21. The van der Waals surface area contributed by atoms with Gasteiger partial charge in [0.05, 0.1) is 11.1 Å². The number of hydrogen-bond donors (Lipinski definition) is 1. The second-order valence-electron chi connectivity index (χ2n) is 8.05. The van der Waals surface area contributed by atoms with Crippen LogP contribution >= 0.6 is 0 Å². The summed E-state index contributed by atoms with van der Waals surface area (Å²) in [5.41, 5.74) is 2.58. The summed E-state index contributed by atoms with van der Waals surface area (Å²) in [6.07, 6.45) is 0.870. The van der Waals surface area contributed by atoms with Gasteiger partial charge in [-0.3, -0.25) is 14.5 Å². The van der Waals surface area contributed by atoms with Crippen molar-refractivity contribution in [3.05, 3.63) is 70.8 Å². The average molecular weight is 394 g/mol. The molecule has 0 unspecified atom stereocenters. The highest BCUT2D eigenvalue weighted by Crippen LogP contribution is 2.22. The van der Waals surface area contributed by atoms with Crippen LogP contribution in [-0.4, -0.2) is 41.5 Å². The predicted octanol–water partition coefficient (Wildman–Crippen LogP) is 3.59. The Hall–Kier alpha value is -3.15. The zero-order chi connectivity index (χ0) is 21.0. The molecule has 0 bridgehead atoms. The van der Waals surface area contributed by atoms with Crippen molar-refractivity contribution in [1.82, 2.24) is 10.2 Å². The van der Waals surface area contributed by atoms with Gasteiger partial charge in [-0.1, -0.05) is 36.4 Å². The van der Waals surface area contributed by atoms with Crippen molar-refractivity contribution >= 4 is 17.9 Å². The van der Waals surface area contributed by atoms with Crippen molar-refractivity contribution in [1.29, 1.82) is 0 Å². The summed E-state index contributed by atoms with van der Waals surface area (Å²) in [4.78, 5) is 37.8. The van der Waals surface area contributed by atoms with Crippen LogP contribution in [-0.2, 0) is 17.6 Å². The number of imide groups is 1. The molecule has 0 saturated carbocycles. The second-order valence-corrected chi connectivity index (χ2v) is 8.05. The Labute approximate surface area is 170 Å². The minimum Gasteiger partial charge on any atom is -0.444 e. The quantitative estimate of drug-likeness (QED) is 0.760. The fourth-order valence-corrected chi connectivity index (χ4v) is 3.18. The second kappa shape index (κ2) is 8.47. The van der Waals surface area contributed by atoms with Crippen molar-refractivity contribution in [2.45, 2.75) is 39.2 Å². The van der Waals surface area contributed by atoms with E-state index in [1.807, 2.05) is 45.0 Å². The third kappa shape index (κ3) is 5.22. The van der Waals surface area contributed by atoms with Crippen LogP contribution in [0.5, 0.6) is 0 Å². The Morgan fingerprint density at radius 1 is 0.897 bits per heavy atom. The van der Waals surface area contributed by atoms with E-state index in [4.69, 9.17) is 4.74 Å². The van der Waals surface area contributed by atoms with Gasteiger partial charge >= 0.3 is 6.09 Å². The van der Waals surface area contributed by atoms with Crippen molar-refractivity contribution < 1.29 is 19.1 Å². The zero-order valence-electron chi connectivity index (χ0n) is 17.0. The molecule has 0 aromatic heterocycles. The predicted molar refractivity (Wildman–Crippen MR) is 110 cm³/mol. The highest BCUT2D eigenvalue weighted by Gasteiger charge is 2.34. The molecule has 6 heteroatoms. The molecule has 0 aliphatic carbocycles. The summed E-state index contributed by atoms with van der Waals surface area (Å²) < 4.78 is 5.21. The number of alkyl carbamates (subject to hydrolysis) is 1. The summed E-state index contributed by atoms with van der Waals surface area (Å²) in [5, 5.41) is 2.74. The molecule has 0 fully saturated rings. The fourth-order valence-electron chi connectivity index (χ4n) is 3.18. The number of fused-ring (bicyclic) bond motifs is 1. The summed E-state index contributed by atoms with van der Waals surface area (Å²) in [5.74, 6) is -0.453. The number of carbonyl (C=O) groups excluding carboxylic acids is 3. The molecule has 0 radical (unpaired) electrons. The van der Waals surface area contributed by atoms with Crippen LogP contribution in [0.25, 0.3) is 0 Å². The molecule has 3 amide bonds. The van der Waals surface area contributed by atoms with Crippen molar-refractivity contribution in [3.63, 3.8) is 0 Å². The number of amides is 3. The van der Waals surface area contributed by atoms with Gasteiger partial charge in [-0.15, -0.1) is 0 Å². The Kier molecular flexibility index (Phi) is 6.01. The largest absolute Gasteiger partial charge is 0.444 e. The topological polar surface area (TPSA) is 75.7 Å². The molecule has 2 aromatic carbocycles. The Morgan fingerprint density at radius 3 is 1.93 bits per heavy atom. The van der Waals surface area contributed by atoms with Crippen LogP contribution < -0.4 is 5.32 Å². The van der Waals surface area contributed by atoms with Gasteiger partial charge < -0.3 is 10.1 Å². The third-order valence-electron chi connectivity index (χ3n) is 4.61. The Bertz CT molecular complexity index is 878. The molecule has 0 atom stereocenters. The van der Waals surface area contributed by atoms with Crippen LogP contribution in [0, 0.1) is 0 Å². The summed E-state index contributed by atoms with van der Waals surface area (Å²) in [6, 6.07) is 14.9. The number of nitrogens with one attached hydrogen (secondary N) is 1. The monoisotopic (exact) mass is 394 g/mol. The van der Waals surface area contributed by atoms with Gasteiger partial charge in [0.1, 0.15) is 5.60 Å². The first-order valence-corrected chi connectivity index (χ1v) is 9.74. The standard InChI is InChI=1S/C23H26N2O4/c1-23(2,3)29-22(28)24-14-12-16-8-10-17(11-9-16)13-15-25-20(26)18-6-4-5-7-19(18)21(25)27/h4-11H,12-15H2,1-3H3,(H,24,28). The SMILES string of the molecule is CC(C)(C)OC(=O)NCCc1ccc(CCN2C(=O)c3ccccc3C2=O)cc1. The highest BCUT2D eigenvalue weighted by atomic mass is 16.6. The first-order valence-electron chi connectivity index (χ1n) is 9.74. The van der Waals surface area contributed by atoms with Crippen molar-refractivity contribution in [2.24, 2.45) is 0 Å². The molecule has 1 N–H and O–H groups in total. The molecule has 152 valence electrons. The summed E-state index contributed by atoms with van der Waals surface area (Å²) >= 11 is 0. The van der Waals surface area contributed by atoms with E-state index in [9.17, 15) is 14.4 Å². The lowest BCUT2D eigenvalue weighted by Gasteiger charge is -2.19. The van der Waals surface area contributed by atoms with Crippen molar-refractivity contribution in [2.75, 3.05) is 13.1 Å². The van der Waals surface area contributed by atoms with Gasteiger partial charge in [0.2, 0.25) is 0 Å². The lowest BCUT2D eigenvalue weighted by molar-refractivity contribution is 0.0527. The summed E-state index contributed by atoms with van der Waals surface area (Å²) in [6.45, 7) is 6.32. The minimum absolute atomic E-state index is 0.226. The smallest absolute Gasteiger partial charge is 0.407 e. The Morgan fingerprint density at radius 2 is 1.41 bits per heavy atom.